The molecule has 0 saturated heterocycles. The van der Waals surface area contributed by atoms with E-state index in [4.69, 9.17) is 0 Å². The molecule has 0 radical (unpaired) electrons. The molecule has 0 N–H and O–H groups in total. The van der Waals surface area contributed by atoms with E-state index in [1.807, 2.05) is 0 Å². The van der Waals surface area contributed by atoms with Gasteiger partial charge in [0, 0.05) is 0 Å². The van der Waals surface area contributed by atoms with Crippen molar-refractivity contribution in [1.29, 1.82) is 0 Å². The molecule has 1 unspecified atom stereocenters. The van der Waals surface area contributed by atoms with E-state index in [1.165, 1.54) is 132 Å². The summed E-state index contributed by atoms with van der Waals surface area (Å²) in [5, 5.41) is 6.00. The van der Waals surface area contributed by atoms with E-state index in [0.29, 0.717) is 0 Å². The summed E-state index contributed by atoms with van der Waals surface area (Å²) >= 11 is 0. The van der Waals surface area contributed by atoms with Gasteiger partial charge in [-0.1, -0.05) is 223 Å². The van der Waals surface area contributed by atoms with Crippen molar-refractivity contribution < 1.29 is 0 Å². The van der Waals surface area contributed by atoms with Gasteiger partial charge in [0.1, 0.15) is 0 Å². The molecule has 9 aromatic carbocycles. The van der Waals surface area contributed by atoms with E-state index >= 15 is 0 Å². The van der Waals surface area contributed by atoms with Gasteiger partial charge in [-0.15, -0.1) is 0 Å². The lowest BCUT2D eigenvalue weighted by Crippen LogP contribution is -2.72. The normalized spacial score (nSPS) is 13.9. The highest BCUT2D eigenvalue weighted by Gasteiger charge is 2.52. The van der Waals surface area contributed by atoms with Crippen molar-refractivity contribution in [1.82, 2.24) is 0 Å². The fourth-order valence-electron chi connectivity index (χ4n) is 12.2. The average molecular weight is 921 g/mol. The molecule has 0 bridgehead atoms. The van der Waals surface area contributed by atoms with Crippen molar-refractivity contribution in [3.05, 3.63) is 255 Å². The van der Waals surface area contributed by atoms with Gasteiger partial charge >= 0.3 is 0 Å². The average Bonchev–Trinajstić information content (AvgIpc) is 3.60. The fourth-order valence-corrected chi connectivity index (χ4v) is 18.9. The summed E-state index contributed by atoms with van der Waals surface area (Å²) in [7, 11) is -3.45. The molecular weight excluding hydrogens is 857 g/mol. The summed E-state index contributed by atoms with van der Waals surface area (Å²) in [5.41, 5.74) is 27.7. The minimum absolute atomic E-state index is 0.211. The van der Waals surface area contributed by atoms with Crippen LogP contribution in [-0.2, 0) is 0 Å². The van der Waals surface area contributed by atoms with Crippen LogP contribution in [0, 0.1) is 47.5 Å². The van der Waals surface area contributed by atoms with Crippen molar-refractivity contribution in [2.75, 3.05) is 0 Å². The molecule has 0 aliphatic heterocycles. The van der Waals surface area contributed by atoms with E-state index in [9.17, 15) is 0 Å². The van der Waals surface area contributed by atoms with Gasteiger partial charge in [-0.05, 0) is 190 Å². The van der Waals surface area contributed by atoms with Crippen LogP contribution in [0.15, 0.2) is 222 Å². The lowest BCUT2D eigenvalue weighted by molar-refractivity contribution is 0.851. The second kappa shape index (κ2) is 18.9. The first kappa shape index (κ1) is 46.4. The van der Waals surface area contributed by atoms with Gasteiger partial charge in [-0.25, -0.2) is 0 Å². The van der Waals surface area contributed by atoms with Crippen LogP contribution in [0.2, 0.25) is 0 Å². The highest BCUT2D eigenvalue weighted by Crippen LogP contribution is 2.47. The second-order valence-electron chi connectivity index (χ2n) is 19.8. The Labute approximate surface area is 418 Å². The molecule has 0 spiro atoms. The van der Waals surface area contributed by atoms with Crippen LogP contribution in [0.25, 0.3) is 66.8 Å². The molecule has 0 heterocycles. The van der Waals surface area contributed by atoms with E-state index in [-0.39, 0.29) is 5.92 Å². The molecule has 1 aliphatic carbocycles. The zero-order valence-electron chi connectivity index (χ0n) is 42.6. The number of rotatable bonds is 10. The Hall–Kier alpha value is -7.32. The summed E-state index contributed by atoms with van der Waals surface area (Å²) < 4.78 is 0. The molecule has 0 aromatic heterocycles. The predicted molar refractivity (Wildman–Crippen MR) is 305 cm³/mol. The maximum absolute atomic E-state index is 3.45. The van der Waals surface area contributed by atoms with Crippen LogP contribution >= 0.6 is 0 Å². The SMILES string of the molecule is CC1=C(C)C(C)C([Si](c2cc(-c3ccccc3)c(-c3ccccc3)c(C)c2C)(c2cc(-c3ccccc3)c(-c3ccccc3)c(C)c2C)c2cc(-c3ccccc3)c(-c3ccccc3)c(C)c2C)=C1C. The number of allylic oxidation sites excluding steroid dienone is 4. The molecular formula is C69H64Si. The summed E-state index contributed by atoms with van der Waals surface area (Å²) in [6.45, 7) is 24.3. The standard InChI is InChI=1S/C69H64Si/c1-44-45(2)53(10)69(52(44)9)70(63-41-60(54-29-17-11-18-30-54)66(49(6)46(63)3)57-35-23-14-24-36-57,64-42-61(55-31-19-12-20-32-55)67(50(7)47(64)4)58-37-25-15-26-38-58)65-43-62(56-33-21-13-22-34-56)68(51(8)48(65)5)59-39-27-16-28-40-59/h11-43,52H,1-10H3. The van der Waals surface area contributed by atoms with E-state index in [0.717, 1.165) is 0 Å². The van der Waals surface area contributed by atoms with Crippen LogP contribution in [0.1, 0.15) is 61.1 Å². The van der Waals surface area contributed by atoms with Gasteiger partial charge in [0.05, 0.1) is 0 Å². The van der Waals surface area contributed by atoms with Gasteiger partial charge in [0.25, 0.3) is 0 Å². The molecule has 0 saturated carbocycles. The fraction of sp³-hybridized carbons (Fsp3) is 0.159. The van der Waals surface area contributed by atoms with Crippen molar-refractivity contribution in [3.63, 3.8) is 0 Å². The summed E-state index contributed by atoms with van der Waals surface area (Å²) in [6.07, 6.45) is 0. The Morgan fingerprint density at radius 3 is 0.757 bits per heavy atom. The molecule has 70 heavy (non-hydrogen) atoms. The lowest BCUT2D eigenvalue weighted by atomic mass is 9.88. The van der Waals surface area contributed by atoms with Gasteiger partial charge in [0.15, 0.2) is 8.07 Å². The Morgan fingerprint density at radius 1 is 0.286 bits per heavy atom. The minimum atomic E-state index is -3.45. The smallest absolute Gasteiger partial charge is 0.0636 e. The third-order valence-corrected chi connectivity index (χ3v) is 22.0. The second-order valence-corrected chi connectivity index (χ2v) is 23.5. The molecule has 10 rings (SSSR count). The first-order valence-corrected chi connectivity index (χ1v) is 27.1. The van der Waals surface area contributed by atoms with E-state index in [1.54, 1.807) is 5.20 Å². The summed E-state index contributed by atoms with van der Waals surface area (Å²) in [6, 6.07) is 75.0. The summed E-state index contributed by atoms with van der Waals surface area (Å²) in [4.78, 5) is 0. The molecule has 9 aromatic rings. The van der Waals surface area contributed by atoms with Gasteiger partial charge < -0.3 is 0 Å². The Bertz CT molecular complexity index is 3140. The first-order valence-electron chi connectivity index (χ1n) is 25.1. The van der Waals surface area contributed by atoms with Gasteiger partial charge in [0.2, 0.25) is 0 Å². The molecule has 1 aliphatic rings. The van der Waals surface area contributed by atoms with E-state index < -0.39 is 8.07 Å². The Morgan fingerprint density at radius 2 is 0.529 bits per heavy atom. The highest BCUT2D eigenvalue weighted by atomic mass is 28.3. The molecule has 0 fully saturated rings. The minimum Gasteiger partial charge on any atom is -0.0636 e. The monoisotopic (exact) mass is 920 g/mol. The van der Waals surface area contributed by atoms with Crippen molar-refractivity contribution in [2.24, 2.45) is 5.92 Å². The maximum atomic E-state index is 2.69. The first-order chi connectivity index (χ1) is 33.9. The van der Waals surface area contributed by atoms with Crippen molar-refractivity contribution in [3.8, 4) is 66.8 Å². The van der Waals surface area contributed by atoms with E-state index in [2.05, 4.69) is 269 Å². The Balaban J connectivity index is 1.49. The highest BCUT2D eigenvalue weighted by molar-refractivity contribution is 7.17. The molecule has 1 atom stereocenters. The van der Waals surface area contributed by atoms with Crippen molar-refractivity contribution >= 4 is 23.6 Å². The van der Waals surface area contributed by atoms with Crippen LogP contribution in [0.3, 0.4) is 0 Å². The topological polar surface area (TPSA) is 0 Å². The quantitative estimate of drug-likeness (QED) is 0.0947. The number of benzene rings is 9. The predicted octanol–water partition coefficient (Wildman–Crippen LogP) is 16.9. The third-order valence-electron chi connectivity index (χ3n) is 16.4. The maximum Gasteiger partial charge on any atom is 0.177 e. The molecule has 0 amide bonds. The lowest BCUT2D eigenvalue weighted by Gasteiger charge is -2.43. The summed E-state index contributed by atoms with van der Waals surface area (Å²) in [5.74, 6) is 0.211. The number of hydrogen-bond acceptors (Lipinski definition) is 0. The molecule has 344 valence electrons. The van der Waals surface area contributed by atoms with Crippen LogP contribution in [-0.4, -0.2) is 8.07 Å². The van der Waals surface area contributed by atoms with Crippen LogP contribution < -0.4 is 15.6 Å². The van der Waals surface area contributed by atoms with Gasteiger partial charge in [-0.2, -0.15) is 0 Å². The Kier molecular flexibility index (Phi) is 12.5. The third kappa shape index (κ3) is 7.59. The molecule has 0 nitrogen and oxygen atoms in total. The molecule has 1 heteroatoms. The largest absolute Gasteiger partial charge is 0.177 e. The number of hydrogen-bond donors (Lipinski definition) is 0. The van der Waals surface area contributed by atoms with Crippen LogP contribution in [0.5, 0.6) is 0 Å². The van der Waals surface area contributed by atoms with Crippen molar-refractivity contribution in [2.45, 2.75) is 69.2 Å². The van der Waals surface area contributed by atoms with Crippen LogP contribution in [0.4, 0.5) is 0 Å². The zero-order chi connectivity index (χ0) is 48.8. The van der Waals surface area contributed by atoms with Gasteiger partial charge in [-0.3, -0.25) is 0 Å². The zero-order valence-corrected chi connectivity index (χ0v) is 43.6.